The number of halogens is 2. The van der Waals surface area contributed by atoms with E-state index in [-0.39, 0.29) is 5.82 Å². The predicted octanol–water partition coefficient (Wildman–Crippen LogP) is 3.14. The summed E-state index contributed by atoms with van der Waals surface area (Å²) in [6.45, 7) is 0. The highest BCUT2D eigenvalue weighted by Gasteiger charge is 2.27. The van der Waals surface area contributed by atoms with E-state index >= 15 is 0 Å². The van der Waals surface area contributed by atoms with Gasteiger partial charge in [0.25, 0.3) is 0 Å². The Morgan fingerprint density at radius 2 is 2.19 bits per heavy atom. The number of hydrogen-bond donors (Lipinski definition) is 1. The van der Waals surface area contributed by atoms with Crippen LogP contribution in [-0.2, 0) is 0 Å². The van der Waals surface area contributed by atoms with Crippen LogP contribution in [-0.4, -0.2) is 15.2 Å². The van der Waals surface area contributed by atoms with E-state index in [2.05, 4.69) is 15.2 Å². The summed E-state index contributed by atoms with van der Waals surface area (Å²) in [4.78, 5) is 4.28. The number of nitrogens with zero attached hydrogens (tertiary/aromatic N) is 2. The van der Waals surface area contributed by atoms with Crippen LogP contribution < -0.4 is 0 Å². The van der Waals surface area contributed by atoms with Gasteiger partial charge in [0.1, 0.15) is 11.6 Å². The summed E-state index contributed by atoms with van der Waals surface area (Å²) in [6.07, 6.45) is 2.26. The summed E-state index contributed by atoms with van der Waals surface area (Å²) in [6, 6.07) is 4.37. The molecule has 82 valence electrons. The highest BCUT2D eigenvalue weighted by molar-refractivity contribution is 6.30. The number of rotatable bonds is 2. The van der Waals surface area contributed by atoms with Gasteiger partial charge in [-0.15, -0.1) is 0 Å². The largest absolute Gasteiger partial charge is 0.262 e. The molecule has 5 heteroatoms. The first-order valence-electron chi connectivity index (χ1n) is 5.12. The van der Waals surface area contributed by atoms with Crippen LogP contribution in [0, 0.1) is 5.82 Å². The topological polar surface area (TPSA) is 41.6 Å². The molecule has 0 aliphatic heterocycles. The van der Waals surface area contributed by atoms with Gasteiger partial charge in [-0.2, -0.15) is 5.10 Å². The fourth-order valence-corrected chi connectivity index (χ4v) is 1.78. The first kappa shape index (κ1) is 9.78. The van der Waals surface area contributed by atoms with Crippen LogP contribution in [0.3, 0.4) is 0 Å². The van der Waals surface area contributed by atoms with Crippen LogP contribution in [0.1, 0.15) is 24.6 Å². The van der Waals surface area contributed by atoms with Crippen LogP contribution in [0.2, 0.25) is 5.02 Å². The Hall–Kier alpha value is -1.42. The zero-order chi connectivity index (χ0) is 11.1. The molecule has 1 aliphatic carbocycles. The molecule has 0 spiro atoms. The normalized spacial score (nSPS) is 15.4. The van der Waals surface area contributed by atoms with E-state index in [9.17, 15) is 4.39 Å². The van der Waals surface area contributed by atoms with E-state index in [0.29, 0.717) is 22.3 Å². The predicted molar refractivity (Wildman–Crippen MR) is 58.8 cm³/mol. The lowest BCUT2D eigenvalue weighted by Crippen LogP contribution is -1.87. The fraction of sp³-hybridized carbons (Fsp3) is 0.273. The second-order valence-corrected chi connectivity index (χ2v) is 4.38. The molecule has 3 rings (SSSR count). The second-order valence-electron chi connectivity index (χ2n) is 3.94. The molecule has 0 atom stereocenters. The summed E-state index contributed by atoms with van der Waals surface area (Å²) in [5, 5.41) is 7.34. The first-order valence-corrected chi connectivity index (χ1v) is 5.49. The van der Waals surface area contributed by atoms with Gasteiger partial charge in [-0.25, -0.2) is 9.37 Å². The Bertz CT molecular complexity index is 534. The molecular weight excluding hydrogens is 229 g/mol. The van der Waals surface area contributed by atoms with Gasteiger partial charge >= 0.3 is 0 Å². The van der Waals surface area contributed by atoms with Crippen molar-refractivity contribution in [3.05, 3.63) is 34.9 Å². The average Bonchev–Trinajstić information content (AvgIpc) is 3.01. The number of aromatic amines is 1. The molecule has 1 N–H and O–H groups in total. The van der Waals surface area contributed by atoms with Gasteiger partial charge < -0.3 is 0 Å². The van der Waals surface area contributed by atoms with E-state index in [4.69, 9.17) is 11.6 Å². The van der Waals surface area contributed by atoms with E-state index in [1.165, 1.54) is 18.2 Å². The first-order chi connectivity index (χ1) is 7.74. The fourth-order valence-electron chi connectivity index (χ4n) is 1.60. The van der Waals surface area contributed by atoms with Gasteiger partial charge in [-0.3, -0.25) is 5.10 Å². The van der Waals surface area contributed by atoms with Crippen LogP contribution in [0.5, 0.6) is 0 Å². The molecule has 0 unspecified atom stereocenters. The zero-order valence-electron chi connectivity index (χ0n) is 8.37. The van der Waals surface area contributed by atoms with Crippen molar-refractivity contribution < 1.29 is 4.39 Å². The molecule has 0 amide bonds. The number of aromatic nitrogens is 3. The van der Waals surface area contributed by atoms with E-state index < -0.39 is 0 Å². The average molecular weight is 238 g/mol. The number of nitrogens with one attached hydrogen (secondary N) is 1. The lowest BCUT2D eigenvalue weighted by atomic mass is 10.2. The van der Waals surface area contributed by atoms with Crippen molar-refractivity contribution in [1.29, 1.82) is 0 Å². The summed E-state index contributed by atoms with van der Waals surface area (Å²) in [7, 11) is 0. The highest BCUT2D eigenvalue weighted by atomic mass is 35.5. The quantitative estimate of drug-likeness (QED) is 0.872. The molecule has 0 radical (unpaired) electrons. The summed E-state index contributed by atoms with van der Waals surface area (Å²) < 4.78 is 13.5. The van der Waals surface area contributed by atoms with E-state index in [1.807, 2.05) is 0 Å². The zero-order valence-corrected chi connectivity index (χ0v) is 9.13. The molecule has 1 heterocycles. The van der Waals surface area contributed by atoms with E-state index in [1.54, 1.807) is 0 Å². The SMILES string of the molecule is Fc1ccc(Cl)cc1-c1n[nH]c(C2CC2)n1. The third kappa shape index (κ3) is 1.69. The minimum Gasteiger partial charge on any atom is -0.262 e. The van der Waals surface area contributed by atoms with Crippen LogP contribution >= 0.6 is 11.6 Å². The van der Waals surface area contributed by atoms with E-state index in [0.717, 1.165) is 18.7 Å². The Labute approximate surface area is 96.7 Å². The highest BCUT2D eigenvalue weighted by Crippen LogP contribution is 2.38. The van der Waals surface area contributed by atoms with Gasteiger partial charge in [0.15, 0.2) is 5.82 Å². The lowest BCUT2D eigenvalue weighted by molar-refractivity contribution is 0.630. The van der Waals surface area contributed by atoms with Crippen molar-refractivity contribution in [2.75, 3.05) is 0 Å². The molecule has 1 fully saturated rings. The Morgan fingerprint density at radius 3 is 2.94 bits per heavy atom. The van der Waals surface area contributed by atoms with Gasteiger partial charge in [0, 0.05) is 10.9 Å². The smallest absolute Gasteiger partial charge is 0.184 e. The summed E-state index contributed by atoms with van der Waals surface area (Å²) in [5.74, 6) is 1.34. The molecule has 1 aromatic carbocycles. The molecule has 1 saturated carbocycles. The van der Waals surface area contributed by atoms with Crippen molar-refractivity contribution in [3.63, 3.8) is 0 Å². The summed E-state index contributed by atoms with van der Waals surface area (Å²) >= 11 is 5.82. The van der Waals surface area contributed by atoms with Crippen molar-refractivity contribution in [1.82, 2.24) is 15.2 Å². The molecule has 0 saturated heterocycles. The van der Waals surface area contributed by atoms with Crippen molar-refractivity contribution in [2.45, 2.75) is 18.8 Å². The van der Waals surface area contributed by atoms with Crippen LogP contribution in [0.25, 0.3) is 11.4 Å². The maximum atomic E-state index is 13.5. The molecule has 1 aromatic heterocycles. The maximum absolute atomic E-state index is 13.5. The molecule has 3 nitrogen and oxygen atoms in total. The van der Waals surface area contributed by atoms with Crippen molar-refractivity contribution >= 4 is 11.6 Å². The van der Waals surface area contributed by atoms with Gasteiger partial charge in [-0.1, -0.05) is 11.6 Å². The number of H-pyrrole nitrogens is 1. The molecule has 1 aliphatic rings. The van der Waals surface area contributed by atoms with Crippen molar-refractivity contribution in [3.8, 4) is 11.4 Å². The Balaban J connectivity index is 2.03. The molecule has 16 heavy (non-hydrogen) atoms. The maximum Gasteiger partial charge on any atom is 0.184 e. The molecule has 2 aromatic rings. The number of benzene rings is 1. The second kappa shape index (κ2) is 3.56. The van der Waals surface area contributed by atoms with Crippen LogP contribution in [0.4, 0.5) is 4.39 Å². The standard InChI is InChI=1S/C11H9ClFN3/c12-7-3-4-9(13)8(5-7)11-14-10(15-16-11)6-1-2-6/h3-6H,1-2H2,(H,14,15,16). The lowest BCUT2D eigenvalue weighted by Gasteiger charge is -1.98. The Morgan fingerprint density at radius 1 is 1.38 bits per heavy atom. The monoisotopic (exact) mass is 237 g/mol. The molecule has 0 bridgehead atoms. The van der Waals surface area contributed by atoms with Gasteiger partial charge in [0.2, 0.25) is 0 Å². The summed E-state index contributed by atoms with van der Waals surface area (Å²) in [5.41, 5.74) is 0.343. The third-order valence-corrected chi connectivity index (χ3v) is 2.87. The minimum atomic E-state index is -0.356. The minimum absolute atomic E-state index is 0.343. The van der Waals surface area contributed by atoms with Gasteiger partial charge in [0.05, 0.1) is 5.56 Å². The van der Waals surface area contributed by atoms with Gasteiger partial charge in [-0.05, 0) is 31.0 Å². The molecular formula is C11H9ClFN3. The van der Waals surface area contributed by atoms with Crippen LogP contribution in [0.15, 0.2) is 18.2 Å². The third-order valence-electron chi connectivity index (χ3n) is 2.64. The Kier molecular flexibility index (Phi) is 2.17. The van der Waals surface area contributed by atoms with Crippen molar-refractivity contribution in [2.24, 2.45) is 0 Å². The number of hydrogen-bond acceptors (Lipinski definition) is 2.